The maximum atomic E-state index is 12.6. The minimum absolute atomic E-state index is 0.0550. The van der Waals surface area contributed by atoms with Gasteiger partial charge in [-0.25, -0.2) is 0 Å². The maximum Gasteiger partial charge on any atom is 0.437 e. The van der Waals surface area contributed by atoms with Crippen molar-refractivity contribution < 1.29 is 31.3 Å². The zero-order valence-corrected chi connectivity index (χ0v) is 17.2. The van der Waals surface area contributed by atoms with Crippen LogP contribution in [-0.4, -0.2) is 30.1 Å². The Balaban J connectivity index is 0.000000215. The van der Waals surface area contributed by atoms with E-state index in [0.29, 0.717) is 11.1 Å². The summed E-state index contributed by atoms with van der Waals surface area (Å²) in [7, 11) is -4.09. The molecule has 0 heterocycles. The molecule has 0 unspecified atom stereocenters. The van der Waals surface area contributed by atoms with E-state index in [1.54, 1.807) is 45.0 Å². The van der Waals surface area contributed by atoms with Crippen LogP contribution in [0.3, 0.4) is 0 Å². The molecule has 2 N–H and O–H groups in total. The SMILES string of the molecule is Cc1cc(C)c(C(=NO)C(F)(F)F)c(C)c1.O=S(=O)(O)c1ccc2ccccc2c1. The highest BCUT2D eigenvalue weighted by atomic mass is 32.2. The van der Waals surface area contributed by atoms with Gasteiger partial charge in [-0.15, -0.1) is 0 Å². The number of nitrogens with zero attached hydrogens (tertiary/aromatic N) is 1. The van der Waals surface area contributed by atoms with Crippen LogP contribution >= 0.6 is 0 Å². The maximum absolute atomic E-state index is 12.6. The van der Waals surface area contributed by atoms with Crippen LogP contribution in [0, 0.1) is 20.8 Å². The zero-order chi connectivity index (χ0) is 22.7. The predicted octanol–water partition coefficient (Wildman–Crippen LogP) is 5.44. The molecule has 0 aliphatic carbocycles. The molecular formula is C21H20F3NO4S. The van der Waals surface area contributed by atoms with Gasteiger partial charge in [0.2, 0.25) is 0 Å². The Bertz CT molecular complexity index is 1180. The Morgan fingerprint density at radius 2 is 1.43 bits per heavy atom. The number of aryl methyl sites for hydroxylation is 3. The standard InChI is InChI=1S/C11H12F3NO.C10H8O3S/c1-6-4-7(2)9(8(3)5-6)10(15-16)11(12,13)14;11-14(12,13)10-6-5-8-3-1-2-4-9(8)7-10/h4-5,16H,1-3H3;1-7H,(H,11,12,13). The molecule has 3 aromatic rings. The van der Waals surface area contributed by atoms with E-state index in [2.05, 4.69) is 5.16 Å². The molecule has 0 aliphatic heterocycles. The first-order valence-electron chi connectivity index (χ1n) is 8.68. The number of alkyl halides is 3. The molecule has 0 radical (unpaired) electrons. The molecule has 30 heavy (non-hydrogen) atoms. The van der Waals surface area contributed by atoms with E-state index in [0.717, 1.165) is 16.3 Å². The lowest BCUT2D eigenvalue weighted by molar-refractivity contribution is -0.0601. The van der Waals surface area contributed by atoms with E-state index < -0.39 is 22.0 Å². The minimum atomic E-state index is -4.65. The summed E-state index contributed by atoms with van der Waals surface area (Å²) < 4.78 is 68.2. The summed E-state index contributed by atoms with van der Waals surface area (Å²) in [6.45, 7) is 4.92. The zero-order valence-electron chi connectivity index (χ0n) is 16.4. The van der Waals surface area contributed by atoms with Crippen molar-refractivity contribution in [3.63, 3.8) is 0 Å². The topological polar surface area (TPSA) is 87.0 Å². The number of rotatable bonds is 2. The first kappa shape index (κ1) is 23.4. The highest BCUT2D eigenvalue weighted by molar-refractivity contribution is 7.85. The van der Waals surface area contributed by atoms with E-state index >= 15 is 0 Å². The number of benzene rings is 3. The summed E-state index contributed by atoms with van der Waals surface area (Å²) in [6.07, 6.45) is -4.65. The molecule has 0 amide bonds. The van der Waals surface area contributed by atoms with Crippen LogP contribution in [0.15, 0.2) is 64.6 Å². The predicted molar refractivity (Wildman–Crippen MR) is 109 cm³/mol. The molecule has 0 spiro atoms. The van der Waals surface area contributed by atoms with Crippen LogP contribution in [-0.2, 0) is 10.1 Å². The molecule has 5 nitrogen and oxygen atoms in total. The fourth-order valence-corrected chi connectivity index (χ4v) is 3.65. The Labute approximate surface area is 172 Å². The fraction of sp³-hybridized carbons (Fsp3) is 0.190. The number of hydrogen-bond acceptors (Lipinski definition) is 4. The molecular weight excluding hydrogens is 419 g/mol. The smallest absolute Gasteiger partial charge is 0.410 e. The second kappa shape index (κ2) is 8.85. The van der Waals surface area contributed by atoms with Crippen LogP contribution in [0.25, 0.3) is 10.8 Å². The van der Waals surface area contributed by atoms with E-state index in [-0.39, 0.29) is 10.5 Å². The Hall–Kier alpha value is -2.91. The Morgan fingerprint density at radius 1 is 0.900 bits per heavy atom. The van der Waals surface area contributed by atoms with Gasteiger partial charge in [-0.05, 0) is 54.8 Å². The monoisotopic (exact) mass is 439 g/mol. The Morgan fingerprint density at radius 3 is 1.90 bits per heavy atom. The normalized spacial score (nSPS) is 12.4. The van der Waals surface area contributed by atoms with Crippen LogP contribution in [0.2, 0.25) is 0 Å². The lowest BCUT2D eigenvalue weighted by Crippen LogP contribution is -2.26. The van der Waals surface area contributed by atoms with E-state index in [9.17, 15) is 21.6 Å². The van der Waals surface area contributed by atoms with Crippen LogP contribution in [0.1, 0.15) is 22.3 Å². The summed E-state index contributed by atoms with van der Waals surface area (Å²) in [5.41, 5.74) is 0.464. The number of halogens is 3. The molecule has 0 atom stereocenters. The largest absolute Gasteiger partial charge is 0.437 e. The molecule has 0 aliphatic rings. The van der Waals surface area contributed by atoms with Crippen molar-refractivity contribution in [3.05, 3.63) is 76.9 Å². The molecule has 3 rings (SSSR count). The first-order valence-corrected chi connectivity index (χ1v) is 10.1. The molecule has 0 saturated carbocycles. The lowest BCUT2D eigenvalue weighted by atomic mass is 9.96. The second-order valence-electron chi connectivity index (χ2n) is 6.70. The van der Waals surface area contributed by atoms with Crippen LogP contribution in [0.5, 0.6) is 0 Å². The highest BCUT2D eigenvalue weighted by Crippen LogP contribution is 2.27. The minimum Gasteiger partial charge on any atom is -0.410 e. The third kappa shape index (κ3) is 5.58. The van der Waals surface area contributed by atoms with E-state index in [1.165, 1.54) is 12.1 Å². The third-order valence-electron chi connectivity index (χ3n) is 4.30. The number of oxime groups is 1. The van der Waals surface area contributed by atoms with Gasteiger partial charge in [-0.3, -0.25) is 4.55 Å². The molecule has 160 valence electrons. The van der Waals surface area contributed by atoms with Gasteiger partial charge < -0.3 is 5.21 Å². The summed E-state index contributed by atoms with van der Waals surface area (Å²) in [5, 5.41) is 12.6. The highest BCUT2D eigenvalue weighted by Gasteiger charge is 2.39. The van der Waals surface area contributed by atoms with Gasteiger partial charge in [-0.1, -0.05) is 53.2 Å². The summed E-state index contributed by atoms with van der Waals surface area (Å²) in [4.78, 5) is -0.0730. The second-order valence-corrected chi connectivity index (χ2v) is 8.13. The molecule has 0 fully saturated rings. The molecule has 0 bridgehead atoms. The van der Waals surface area contributed by atoms with E-state index in [4.69, 9.17) is 9.76 Å². The van der Waals surface area contributed by atoms with Crippen molar-refractivity contribution in [3.8, 4) is 0 Å². The molecule has 3 aromatic carbocycles. The van der Waals surface area contributed by atoms with Gasteiger partial charge in [-0.2, -0.15) is 21.6 Å². The van der Waals surface area contributed by atoms with Crippen LogP contribution < -0.4 is 0 Å². The van der Waals surface area contributed by atoms with Crippen molar-refractivity contribution in [1.29, 1.82) is 0 Å². The average molecular weight is 439 g/mol. The fourth-order valence-electron chi connectivity index (χ4n) is 3.13. The molecule has 0 aromatic heterocycles. The van der Waals surface area contributed by atoms with Gasteiger partial charge in [0.05, 0.1) is 4.90 Å². The molecule has 0 saturated heterocycles. The van der Waals surface area contributed by atoms with Gasteiger partial charge in [0.1, 0.15) is 0 Å². The van der Waals surface area contributed by atoms with Crippen molar-refractivity contribution in [2.24, 2.45) is 5.16 Å². The third-order valence-corrected chi connectivity index (χ3v) is 5.15. The van der Waals surface area contributed by atoms with Gasteiger partial charge in [0.25, 0.3) is 10.1 Å². The van der Waals surface area contributed by atoms with Gasteiger partial charge in [0, 0.05) is 5.56 Å². The summed E-state index contributed by atoms with van der Waals surface area (Å²) >= 11 is 0. The average Bonchev–Trinajstić information content (AvgIpc) is 2.63. The van der Waals surface area contributed by atoms with Crippen molar-refractivity contribution in [1.82, 2.24) is 0 Å². The van der Waals surface area contributed by atoms with Gasteiger partial charge in [0.15, 0.2) is 5.71 Å². The van der Waals surface area contributed by atoms with Gasteiger partial charge >= 0.3 is 6.18 Å². The quantitative estimate of drug-likeness (QED) is 0.241. The summed E-state index contributed by atoms with van der Waals surface area (Å²) in [6, 6.07) is 15.1. The van der Waals surface area contributed by atoms with E-state index in [1.807, 2.05) is 18.2 Å². The summed E-state index contributed by atoms with van der Waals surface area (Å²) in [5.74, 6) is 0. The van der Waals surface area contributed by atoms with Crippen molar-refractivity contribution >= 4 is 26.6 Å². The van der Waals surface area contributed by atoms with Crippen molar-refractivity contribution in [2.75, 3.05) is 0 Å². The van der Waals surface area contributed by atoms with Crippen LogP contribution in [0.4, 0.5) is 13.2 Å². The lowest BCUT2D eigenvalue weighted by Gasteiger charge is -2.14. The van der Waals surface area contributed by atoms with Crippen molar-refractivity contribution in [2.45, 2.75) is 31.8 Å². The first-order chi connectivity index (χ1) is 13.8. The Kier molecular flexibility index (Phi) is 6.89. The number of hydrogen-bond donors (Lipinski definition) is 2. The molecule has 9 heteroatoms. The number of fused-ring (bicyclic) bond motifs is 1.